The van der Waals surface area contributed by atoms with E-state index in [9.17, 15) is 26.8 Å². The van der Waals surface area contributed by atoms with Gasteiger partial charge in [0.2, 0.25) is 21.8 Å². The lowest BCUT2D eigenvalue weighted by molar-refractivity contribution is -0.140. The second-order valence-electron chi connectivity index (χ2n) is 9.18. The molecule has 0 aromatic heterocycles. The lowest BCUT2D eigenvalue weighted by atomic mass is 10.0. The minimum Gasteiger partial charge on any atom is -0.354 e. The van der Waals surface area contributed by atoms with Crippen LogP contribution in [0.5, 0.6) is 0 Å². The zero-order valence-corrected chi connectivity index (χ0v) is 22.8. The summed E-state index contributed by atoms with van der Waals surface area (Å²) < 4.78 is 55.4. The van der Waals surface area contributed by atoms with Gasteiger partial charge in [-0.3, -0.25) is 13.9 Å². The molecule has 0 fully saturated rings. The highest BCUT2D eigenvalue weighted by molar-refractivity contribution is 7.92. The van der Waals surface area contributed by atoms with Crippen LogP contribution in [-0.2, 0) is 32.6 Å². The average molecular weight is 558 g/mol. The third-order valence-corrected chi connectivity index (χ3v) is 7.33. The fourth-order valence-electron chi connectivity index (χ4n) is 4.12. The van der Waals surface area contributed by atoms with Crippen LogP contribution in [0.15, 0.2) is 78.9 Å². The molecule has 0 aliphatic rings. The van der Waals surface area contributed by atoms with Gasteiger partial charge in [-0.15, -0.1) is 0 Å². The number of para-hydroxylation sites is 1. The molecule has 1 unspecified atom stereocenters. The number of halogens is 2. The summed E-state index contributed by atoms with van der Waals surface area (Å²) in [6, 6.07) is 19.0. The van der Waals surface area contributed by atoms with E-state index < -0.39 is 46.1 Å². The van der Waals surface area contributed by atoms with E-state index in [0.29, 0.717) is 10.8 Å². The first-order valence-corrected chi connectivity index (χ1v) is 14.5. The zero-order chi connectivity index (χ0) is 28.4. The van der Waals surface area contributed by atoms with Crippen LogP contribution in [0.1, 0.15) is 30.9 Å². The Bertz CT molecular complexity index is 1370. The van der Waals surface area contributed by atoms with Crippen molar-refractivity contribution >= 4 is 27.5 Å². The molecule has 0 saturated carbocycles. The second-order valence-corrected chi connectivity index (χ2v) is 11.1. The maximum absolute atomic E-state index is 14.7. The molecular formula is C29H33F2N3O4S. The van der Waals surface area contributed by atoms with E-state index in [4.69, 9.17) is 0 Å². The average Bonchev–Trinajstić information content (AvgIpc) is 2.90. The van der Waals surface area contributed by atoms with Gasteiger partial charge in [0, 0.05) is 25.1 Å². The molecule has 0 aliphatic carbocycles. The first kappa shape index (κ1) is 29.8. The lowest BCUT2D eigenvalue weighted by Gasteiger charge is -2.33. The van der Waals surface area contributed by atoms with E-state index in [0.717, 1.165) is 30.7 Å². The normalized spacial score (nSPS) is 12.0. The number of carbonyl (C=O) groups is 2. The van der Waals surface area contributed by atoms with Crippen molar-refractivity contribution in [2.45, 2.75) is 38.8 Å². The molecule has 1 N–H and O–H groups in total. The molecule has 3 rings (SSSR count). The van der Waals surface area contributed by atoms with E-state index in [1.165, 1.54) is 41.3 Å². The Kier molecular flexibility index (Phi) is 10.6. The van der Waals surface area contributed by atoms with Gasteiger partial charge in [0.25, 0.3) is 0 Å². The Morgan fingerprint density at radius 2 is 1.51 bits per heavy atom. The molecule has 208 valence electrons. The number of unbranched alkanes of at least 4 members (excludes halogenated alkanes) is 1. The first-order chi connectivity index (χ1) is 18.6. The predicted octanol–water partition coefficient (Wildman–Crippen LogP) is 4.29. The summed E-state index contributed by atoms with van der Waals surface area (Å²) in [5.74, 6) is -2.63. The molecule has 10 heteroatoms. The van der Waals surface area contributed by atoms with Crippen molar-refractivity contribution in [2.75, 3.05) is 23.7 Å². The Labute approximate surface area is 228 Å². The number of amides is 2. The van der Waals surface area contributed by atoms with Gasteiger partial charge < -0.3 is 10.2 Å². The number of hydrogen-bond donors (Lipinski definition) is 1. The fourth-order valence-corrected chi connectivity index (χ4v) is 4.97. The van der Waals surface area contributed by atoms with Crippen molar-refractivity contribution in [3.8, 4) is 0 Å². The molecule has 7 nitrogen and oxygen atoms in total. The fraction of sp³-hybridized carbons (Fsp3) is 0.310. The quantitative estimate of drug-likeness (QED) is 0.318. The maximum Gasteiger partial charge on any atom is 0.244 e. The number of carbonyl (C=O) groups excluding carboxylic acids is 2. The van der Waals surface area contributed by atoms with E-state index in [2.05, 4.69) is 5.32 Å². The summed E-state index contributed by atoms with van der Waals surface area (Å²) in [6.45, 7) is 1.29. The SMILES string of the molecule is CCCCNC(=O)C(Cc1ccccc1)N(Cc1ccccc1F)C(=O)CN(c1ccccc1F)S(C)(=O)=O. The molecule has 0 radical (unpaired) electrons. The largest absolute Gasteiger partial charge is 0.354 e. The van der Waals surface area contributed by atoms with Crippen LogP contribution in [-0.4, -0.2) is 50.5 Å². The molecule has 3 aromatic carbocycles. The van der Waals surface area contributed by atoms with Gasteiger partial charge >= 0.3 is 0 Å². The van der Waals surface area contributed by atoms with Gasteiger partial charge in [-0.1, -0.05) is 74.0 Å². The number of anilines is 1. The van der Waals surface area contributed by atoms with Gasteiger partial charge in [0.05, 0.1) is 11.9 Å². The molecule has 39 heavy (non-hydrogen) atoms. The summed E-state index contributed by atoms with van der Waals surface area (Å²) in [5, 5.41) is 2.85. The van der Waals surface area contributed by atoms with Crippen molar-refractivity contribution in [3.05, 3.63) is 102 Å². The number of nitrogens with one attached hydrogen (secondary N) is 1. The van der Waals surface area contributed by atoms with Crippen LogP contribution in [0.4, 0.5) is 14.5 Å². The minimum atomic E-state index is -4.10. The molecule has 0 spiro atoms. The van der Waals surface area contributed by atoms with E-state index in [-0.39, 0.29) is 24.2 Å². The summed E-state index contributed by atoms with van der Waals surface area (Å²) in [5.41, 5.74) is 0.613. The minimum absolute atomic E-state index is 0.109. The second kappa shape index (κ2) is 13.8. The lowest BCUT2D eigenvalue weighted by Crippen LogP contribution is -2.53. The van der Waals surface area contributed by atoms with Crippen LogP contribution >= 0.6 is 0 Å². The molecule has 2 amide bonds. The molecule has 3 aromatic rings. The Morgan fingerprint density at radius 1 is 0.897 bits per heavy atom. The van der Waals surface area contributed by atoms with Gasteiger partial charge in [-0.2, -0.15) is 0 Å². The molecule has 0 bridgehead atoms. The van der Waals surface area contributed by atoms with Crippen LogP contribution < -0.4 is 9.62 Å². The smallest absolute Gasteiger partial charge is 0.244 e. The van der Waals surface area contributed by atoms with Gasteiger partial charge in [0.15, 0.2) is 0 Å². The monoisotopic (exact) mass is 557 g/mol. The van der Waals surface area contributed by atoms with Crippen molar-refractivity contribution in [2.24, 2.45) is 0 Å². The number of nitrogens with zero attached hydrogens (tertiary/aromatic N) is 2. The summed E-state index contributed by atoms with van der Waals surface area (Å²) in [6.07, 6.45) is 2.54. The van der Waals surface area contributed by atoms with Gasteiger partial charge in [-0.05, 0) is 30.2 Å². The standard InChI is InChI=1S/C29H33F2N3O4S/c1-3-4-18-32-29(36)27(19-22-12-6-5-7-13-22)33(20-23-14-8-9-15-24(23)30)28(35)21-34(39(2,37)38)26-17-11-10-16-25(26)31/h5-17,27H,3-4,18-21H2,1-2H3,(H,32,36). The van der Waals surface area contributed by atoms with E-state index >= 15 is 0 Å². The number of sulfonamides is 1. The molecule has 0 saturated heterocycles. The summed E-state index contributed by atoms with van der Waals surface area (Å²) in [4.78, 5) is 28.5. The summed E-state index contributed by atoms with van der Waals surface area (Å²) in [7, 11) is -4.10. The topological polar surface area (TPSA) is 86.8 Å². The van der Waals surface area contributed by atoms with Crippen molar-refractivity contribution in [1.29, 1.82) is 0 Å². The van der Waals surface area contributed by atoms with Crippen LogP contribution in [0.3, 0.4) is 0 Å². The van der Waals surface area contributed by atoms with Crippen LogP contribution in [0, 0.1) is 11.6 Å². The molecule has 0 aliphatic heterocycles. The Hall–Kier alpha value is -3.79. The summed E-state index contributed by atoms with van der Waals surface area (Å²) >= 11 is 0. The highest BCUT2D eigenvalue weighted by Crippen LogP contribution is 2.23. The maximum atomic E-state index is 14.7. The number of rotatable bonds is 13. The predicted molar refractivity (Wildman–Crippen MR) is 147 cm³/mol. The molecule has 1 atom stereocenters. The number of hydrogen-bond acceptors (Lipinski definition) is 4. The van der Waals surface area contributed by atoms with Crippen LogP contribution in [0.2, 0.25) is 0 Å². The highest BCUT2D eigenvalue weighted by Gasteiger charge is 2.33. The van der Waals surface area contributed by atoms with Crippen molar-refractivity contribution in [1.82, 2.24) is 10.2 Å². The Morgan fingerprint density at radius 3 is 2.13 bits per heavy atom. The zero-order valence-electron chi connectivity index (χ0n) is 22.0. The van der Waals surface area contributed by atoms with Gasteiger partial charge in [0.1, 0.15) is 24.2 Å². The molecular weight excluding hydrogens is 524 g/mol. The van der Waals surface area contributed by atoms with Gasteiger partial charge in [-0.25, -0.2) is 17.2 Å². The third-order valence-electron chi connectivity index (χ3n) is 6.20. The Balaban J connectivity index is 2.05. The molecule has 0 heterocycles. The highest BCUT2D eigenvalue weighted by atomic mass is 32.2. The van der Waals surface area contributed by atoms with Crippen LogP contribution in [0.25, 0.3) is 0 Å². The third kappa shape index (κ3) is 8.35. The van der Waals surface area contributed by atoms with E-state index in [1.54, 1.807) is 30.3 Å². The van der Waals surface area contributed by atoms with E-state index in [1.807, 2.05) is 13.0 Å². The number of benzene rings is 3. The first-order valence-electron chi connectivity index (χ1n) is 12.7. The van der Waals surface area contributed by atoms with Crippen molar-refractivity contribution < 1.29 is 26.8 Å². The van der Waals surface area contributed by atoms with Crippen molar-refractivity contribution in [3.63, 3.8) is 0 Å².